The fourth-order valence-electron chi connectivity index (χ4n) is 2.84. The molecule has 1 saturated heterocycles. The van der Waals surface area contributed by atoms with E-state index in [2.05, 4.69) is 10.2 Å². The van der Waals surface area contributed by atoms with E-state index in [1.165, 1.54) is 0 Å². The molecule has 3 heterocycles. The van der Waals surface area contributed by atoms with Crippen LogP contribution in [0.4, 0.5) is 0 Å². The number of hydrogen-bond acceptors (Lipinski definition) is 6. The zero-order valence-corrected chi connectivity index (χ0v) is 13.5. The van der Waals surface area contributed by atoms with Crippen molar-refractivity contribution in [1.82, 2.24) is 15.1 Å². The molecule has 4 rings (SSSR count). The maximum atomic E-state index is 12.4. The molecule has 1 fully saturated rings. The highest BCUT2D eigenvalue weighted by atomic mass is 16.7. The highest BCUT2D eigenvalue weighted by Crippen LogP contribution is 2.32. The van der Waals surface area contributed by atoms with E-state index >= 15 is 0 Å². The van der Waals surface area contributed by atoms with Crippen LogP contribution in [0.15, 0.2) is 42.6 Å². The van der Waals surface area contributed by atoms with Gasteiger partial charge in [0.1, 0.15) is 6.10 Å². The summed E-state index contributed by atoms with van der Waals surface area (Å²) in [6.45, 7) is 1.44. The van der Waals surface area contributed by atoms with Gasteiger partial charge in [0.25, 0.3) is 0 Å². The first kappa shape index (κ1) is 15.4. The van der Waals surface area contributed by atoms with E-state index in [0.717, 1.165) is 17.7 Å². The Kier molecular flexibility index (Phi) is 4.20. The predicted molar refractivity (Wildman–Crippen MR) is 89.2 cm³/mol. The topological polar surface area (TPSA) is 73.8 Å². The van der Waals surface area contributed by atoms with Gasteiger partial charge in [0.05, 0.1) is 6.54 Å². The van der Waals surface area contributed by atoms with Gasteiger partial charge in [-0.2, -0.15) is 5.10 Å². The number of hydrogen-bond donors (Lipinski definition) is 0. The van der Waals surface area contributed by atoms with Crippen molar-refractivity contribution in [3.8, 4) is 17.4 Å². The van der Waals surface area contributed by atoms with E-state index in [0.29, 0.717) is 24.7 Å². The molecular weight excluding hydrogens is 322 g/mol. The van der Waals surface area contributed by atoms with Gasteiger partial charge in [-0.05, 0) is 29.8 Å². The zero-order valence-electron chi connectivity index (χ0n) is 13.5. The molecule has 0 saturated carbocycles. The van der Waals surface area contributed by atoms with Crippen molar-refractivity contribution >= 4 is 12.0 Å². The first-order chi connectivity index (χ1) is 12.3. The average molecular weight is 339 g/mol. The average Bonchev–Trinajstić information content (AvgIpc) is 3.29. The Balaban J connectivity index is 1.34. The maximum absolute atomic E-state index is 12.4. The number of fused-ring (bicyclic) bond motifs is 1. The van der Waals surface area contributed by atoms with Gasteiger partial charge in [-0.3, -0.25) is 4.79 Å². The van der Waals surface area contributed by atoms with Crippen LogP contribution in [-0.4, -0.2) is 47.0 Å². The van der Waals surface area contributed by atoms with Crippen molar-refractivity contribution in [1.29, 1.82) is 0 Å². The number of likely N-dealkylation sites (tertiary alicyclic amines) is 1. The van der Waals surface area contributed by atoms with Crippen LogP contribution < -0.4 is 14.2 Å². The first-order valence-electron chi connectivity index (χ1n) is 8.09. The van der Waals surface area contributed by atoms with Crippen molar-refractivity contribution in [2.45, 2.75) is 12.5 Å². The molecule has 2 aliphatic rings. The quantitative estimate of drug-likeness (QED) is 0.792. The lowest BCUT2D eigenvalue weighted by Crippen LogP contribution is -2.29. The van der Waals surface area contributed by atoms with E-state index < -0.39 is 0 Å². The molecule has 7 heteroatoms. The lowest BCUT2D eigenvalue weighted by atomic mass is 10.2. The molecule has 1 aromatic heterocycles. The Bertz CT molecular complexity index is 794. The van der Waals surface area contributed by atoms with Gasteiger partial charge in [-0.1, -0.05) is 6.07 Å². The number of carbonyl (C=O) groups excluding carboxylic acids is 1. The number of amides is 1. The summed E-state index contributed by atoms with van der Waals surface area (Å²) in [4.78, 5) is 14.1. The van der Waals surface area contributed by atoms with Gasteiger partial charge in [0, 0.05) is 31.3 Å². The number of benzene rings is 1. The number of aromatic nitrogens is 2. The number of carbonyl (C=O) groups is 1. The second-order valence-electron chi connectivity index (χ2n) is 5.82. The SMILES string of the molecule is O=C(/C=C/c1ccc2c(c1)OCO2)N1CC[C@H](Oc2cccnn2)C1. The highest BCUT2D eigenvalue weighted by Gasteiger charge is 2.26. The molecule has 2 aromatic rings. The van der Waals surface area contributed by atoms with Gasteiger partial charge >= 0.3 is 0 Å². The fourth-order valence-corrected chi connectivity index (χ4v) is 2.84. The molecule has 0 unspecified atom stereocenters. The van der Waals surface area contributed by atoms with Crippen molar-refractivity contribution < 1.29 is 19.0 Å². The predicted octanol–water partition coefficient (Wildman–Crippen LogP) is 1.90. The van der Waals surface area contributed by atoms with Gasteiger partial charge in [0.15, 0.2) is 11.5 Å². The Morgan fingerprint density at radius 1 is 1.28 bits per heavy atom. The van der Waals surface area contributed by atoms with Crippen LogP contribution in [0.1, 0.15) is 12.0 Å². The maximum Gasteiger partial charge on any atom is 0.246 e. The van der Waals surface area contributed by atoms with Gasteiger partial charge in [-0.25, -0.2) is 0 Å². The molecule has 1 aromatic carbocycles. The third kappa shape index (κ3) is 3.55. The molecule has 2 aliphatic heterocycles. The first-order valence-corrected chi connectivity index (χ1v) is 8.09. The van der Waals surface area contributed by atoms with Crippen LogP contribution in [0.2, 0.25) is 0 Å². The minimum atomic E-state index is -0.0559. The van der Waals surface area contributed by atoms with Gasteiger partial charge in [-0.15, -0.1) is 5.10 Å². The normalized spacial score (nSPS) is 18.7. The van der Waals surface area contributed by atoms with Crippen molar-refractivity contribution in [2.24, 2.45) is 0 Å². The molecule has 1 amide bonds. The molecule has 0 bridgehead atoms. The smallest absolute Gasteiger partial charge is 0.246 e. The minimum absolute atomic E-state index is 0.0390. The summed E-state index contributed by atoms with van der Waals surface area (Å²) in [6.07, 6.45) is 5.67. The van der Waals surface area contributed by atoms with Crippen molar-refractivity contribution in [2.75, 3.05) is 19.9 Å². The fraction of sp³-hybridized carbons (Fsp3) is 0.278. The summed E-state index contributed by atoms with van der Waals surface area (Å²) in [5.41, 5.74) is 0.893. The third-order valence-electron chi connectivity index (χ3n) is 4.11. The van der Waals surface area contributed by atoms with Gasteiger partial charge < -0.3 is 19.1 Å². The van der Waals surface area contributed by atoms with Crippen LogP contribution in [0.5, 0.6) is 17.4 Å². The standard InChI is InChI=1S/C18H17N3O4/c22-18(6-4-13-3-5-15-16(10-13)24-12-23-15)21-9-7-14(11-21)25-17-2-1-8-19-20-17/h1-6,8,10,14H,7,9,11-12H2/b6-4+/t14-/m0/s1. The number of ether oxygens (including phenoxy) is 3. The van der Waals surface area contributed by atoms with E-state index in [4.69, 9.17) is 14.2 Å². The number of rotatable bonds is 4. The molecule has 25 heavy (non-hydrogen) atoms. The van der Waals surface area contributed by atoms with Crippen LogP contribution in [0.25, 0.3) is 6.08 Å². The summed E-state index contributed by atoms with van der Waals surface area (Å²) in [5.74, 6) is 1.88. The van der Waals surface area contributed by atoms with E-state index in [1.807, 2.05) is 18.2 Å². The minimum Gasteiger partial charge on any atom is -0.471 e. The molecule has 0 N–H and O–H groups in total. The summed E-state index contributed by atoms with van der Waals surface area (Å²) < 4.78 is 16.4. The monoisotopic (exact) mass is 339 g/mol. The molecule has 0 spiro atoms. The number of nitrogens with zero attached hydrogens (tertiary/aromatic N) is 3. The second kappa shape index (κ2) is 6.80. The van der Waals surface area contributed by atoms with Crippen LogP contribution in [0, 0.1) is 0 Å². The van der Waals surface area contributed by atoms with Crippen LogP contribution >= 0.6 is 0 Å². The van der Waals surface area contributed by atoms with Crippen LogP contribution in [0.3, 0.4) is 0 Å². The van der Waals surface area contributed by atoms with Crippen molar-refractivity contribution in [3.63, 3.8) is 0 Å². The lowest BCUT2D eigenvalue weighted by Gasteiger charge is -2.15. The van der Waals surface area contributed by atoms with E-state index in [1.54, 1.807) is 35.4 Å². The summed E-state index contributed by atoms with van der Waals surface area (Å²) >= 11 is 0. The Labute approximate surface area is 144 Å². The Morgan fingerprint density at radius 3 is 3.08 bits per heavy atom. The van der Waals surface area contributed by atoms with Gasteiger partial charge in [0.2, 0.25) is 18.6 Å². The Morgan fingerprint density at radius 2 is 2.20 bits per heavy atom. The lowest BCUT2D eigenvalue weighted by molar-refractivity contribution is -0.125. The van der Waals surface area contributed by atoms with Crippen molar-refractivity contribution in [3.05, 3.63) is 48.2 Å². The molecule has 128 valence electrons. The molecular formula is C18H17N3O4. The largest absolute Gasteiger partial charge is 0.471 e. The highest BCUT2D eigenvalue weighted by molar-refractivity contribution is 5.92. The Hall–Kier alpha value is -3.09. The van der Waals surface area contributed by atoms with E-state index in [-0.39, 0.29) is 18.8 Å². The zero-order chi connectivity index (χ0) is 17.1. The molecule has 7 nitrogen and oxygen atoms in total. The molecule has 0 aliphatic carbocycles. The van der Waals surface area contributed by atoms with E-state index in [9.17, 15) is 4.79 Å². The third-order valence-corrected chi connectivity index (χ3v) is 4.11. The molecule has 0 radical (unpaired) electrons. The molecule has 1 atom stereocenters. The van der Waals surface area contributed by atoms with Crippen LogP contribution in [-0.2, 0) is 4.79 Å². The summed E-state index contributed by atoms with van der Waals surface area (Å²) in [7, 11) is 0. The summed E-state index contributed by atoms with van der Waals surface area (Å²) in [5, 5.41) is 7.69. The second-order valence-corrected chi connectivity index (χ2v) is 5.82. The summed E-state index contributed by atoms with van der Waals surface area (Å²) in [6, 6.07) is 9.12.